The topological polar surface area (TPSA) is 80.3 Å². The summed E-state index contributed by atoms with van der Waals surface area (Å²) in [5.74, 6) is 1.97. The zero-order valence-corrected chi connectivity index (χ0v) is 21.0. The van der Waals surface area contributed by atoms with Gasteiger partial charge in [0.2, 0.25) is 0 Å². The third kappa shape index (κ3) is 6.81. The van der Waals surface area contributed by atoms with Gasteiger partial charge in [0.05, 0.1) is 17.4 Å². The van der Waals surface area contributed by atoms with Gasteiger partial charge in [-0.15, -0.1) is 24.0 Å². The van der Waals surface area contributed by atoms with Crippen LogP contribution in [-0.2, 0) is 6.54 Å². The van der Waals surface area contributed by atoms with Crippen LogP contribution in [0.25, 0.3) is 5.69 Å². The van der Waals surface area contributed by atoms with Gasteiger partial charge in [-0.1, -0.05) is 31.1 Å². The van der Waals surface area contributed by atoms with Gasteiger partial charge in [0.25, 0.3) is 0 Å². The third-order valence-corrected chi connectivity index (χ3v) is 5.21. The highest BCUT2D eigenvalue weighted by molar-refractivity contribution is 14.0. The second kappa shape index (κ2) is 12.5. The van der Waals surface area contributed by atoms with E-state index in [1.165, 1.54) is 0 Å². The Balaban J connectivity index is 0.00000341. The van der Waals surface area contributed by atoms with Crippen molar-refractivity contribution in [2.45, 2.75) is 59.0 Å². The molecule has 1 aromatic carbocycles. The zero-order chi connectivity index (χ0) is 21.3. The second-order valence-electron chi connectivity index (χ2n) is 7.34. The van der Waals surface area contributed by atoms with Crippen LogP contribution in [0.2, 0.25) is 0 Å². The van der Waals surface area contributed by atoms with Gasteiger partial charge >= 0.3 is 0 Å². The summed E-state index contributed by atoms with van der Waals surface area (Å²) < 4.78 is 7.36. The molecule has 0 aliphatic rings. The second-order valence-corrected chi connectivity index (χ2v) is 7.34. The summed E-state index contributed by atoms with van der Waals surface area (Å²) in [6.45, 7) is 9.76. The van der Waals surface area contributed by atoms with E-state index in [1.807, 2.05) is 35.1 Å². The number of aromatic nitrogens is 3. The summed E-state index contributed by atoms with van der Waals surface area (Å²) in [6, 6.07) is 12.4. The molecule has 0 radical (unpaired) electrons. The quantitative estimate of drug-likeness (QED) is 0.223. The number of rotatable bonds is 9. The van der Waals surface area contributed by atoms with Crippen molar-refractivity contribution in [2.75, 3.05) is 6.54 Å². The highest BCUT2D eigenvalue weighted by atomic mass is 127. The number of hydrogen-bond acceptors (Lipinski definition) is 4. The van der Waals surface area contributed by atoms with Crippen LogP contribution in [0.4, 0.5) is 0 Å². The number of guanidine groups is 1. The van der Waals surface area contributed by atoms with E-state index < -0.39 is 0 Å². The lowest BCUT2D eigenvalue weighted by atomic mass is 9.99. The molecule has 3 aromatic rings. The molecule has 2 aromatic heterocycles. The molecule has 0 spiro atoms. The van der Waals surface area contributed by atoms with Crippen molar-refractivity contribution in [3.05, 3.63) is 65.8 Å². The summed E-state index contributed by atoms with van der Waals surface area (Å²) in [4.78, 5) is 4.69. The van der Waals surface area contributed by atoms with Crippen LogP contribution >= 0.6 is 24.0 Å². The molecule has 0 saturated heterocycles. The maximum absolute atomic E-state index is 5.50. The van der Waals surface area contributed by atoms with Gasteiger partial charge in [-0.25, -0.2) is 9.67 Å². The summed E-state index contributed by atoms with van der Waals surface area (Å²) in [6.07, 6.45) is 5.84. The summed E-state index contributed by atoms with van der Waals surface area (Å²) in [5, 5.41) is 15.3. The number of benzene rings is 1. The molecule has 1 unspecified atom stereocenters. The molecule has 0 aliphatic heterocycles. The van der Waals surface area contributed by atoms with E-state index in [0.717, 1.165) is 48.1 Å². The van der Waals surface area contributed by atoms with Crippen LogP contribution in [0.15, 0.2) is 58.3 Å². The first-order valence-corrected chi connectivity index (χ1v) is 10.7. The predicted octanol–water partition coefficient (Wildman–Crippen LogP) is 5.20. The fourth-order valence-corrected chi connectivity index (χ4v) is 3.43. The van der Waals surface area contributed by atoms with Crippen LogP contribution in [0, 0.1) is 0 Å². The van der Waals surface area contributed by atoms with Crippen LogP contribution in [-0.4, -0.2) is 27.4 Å². The maximum Gasteiger partial charge on any atom is 0.192 e. The van der Waals surface area contributed by atoms with E-state index in [-0.39, 0.29) is 30.0 Å². The molecule has 0 amide bonds. The molecular formula is C23H33IN6O. The van der Waals surface area contributed by atoms with Gasteiger partial charge in [0.15, 0.2) is 11.7 Å². The Hall–Kier alpha value is -2.36. The number of nitrogens with one attached hydrogen (secondary N) is 2. The summed E-state index contributed by atoms with van der Waals surface area (Å²) in [7, 11) is 0. The summed E-state index contributed by atoms with van der Waals surface area (Å²) in [5.41, 5.74) is 3.21. The minimum absolute atomic E-state index is 0. The molecule has 7 nitrogen and oxygen atoms in total. The van der Waals surface area contributed by atoms with Crippen LogP contribution in [0.3, 0.4) is 0 Å². The van der Waals surface area contributed by atoms with Gasteiger partial charge in [-0.05, 0) is 50.5 Å². The molecule has 0 aliphatic carbocycles. The highest BCUT2D eigenvalue weighted by Crippen LogP contribution is 2.22. The first-order valence-electron chi connectivity index (χ1n) is 10.7. The lowest BCUT2D eigenvalue weighted by Crippen LogP contribution is -2.38. The smallest absolute Gasteiger partial charge is 0.192 e. The SMILES string of the molecule is CCNC(=NCc1cc(C(CC)CC)no1)NC(C)c1cccc(-n2cccn2)c1.I. The molecule has 31 heavy (non-hydrogen) atoms. The summed E-state index contributed by atoms with van der Waals surface area (Å²) >= 11 is 0. The van der Waals surface area contributed by atoms with E-state index in [1.54, 1.807) is 6.20 Å². The van der Waals surface area contributed by atoms with Crippen molar-refractivity contribution in [1.29, 1.82) is 0 Å². The van der Waals surface area contributed by atoms with Crippen LogP contribution in [0.5, 0.6) is 0 Å². The van der Waals surface area contributed by atoms with E-state index in [2.05, 4.69) is 65.7 Å². The van der Waals surface area contributed by atoms with Crippen molar-refractivity contribution >= 4 is 29.9 Å². The third-order valence-electron chi connectivity index (χ3n) is 5.21. The Morgan fingerprint density at radius 3 is 2.65 bits per heavy atom. The minimum Gasteiger partial charge on any atom is -0.359 e. The van der Waals surface area contributed by atoms with E-state index >= 15 is 0 Å². The van der Waals surface area contributed by atoms with Crippen molar-refractivity contribution < 1.29 is 4.52 Å². The van der Waals surface area contributed by atoms with Crippen LogP contribution in [0.1, 0.15) is 69.5 Å². The Bertz CT molecular complexity index is 933. The van der Waals surface area contributed by atoms with E-state index in [4.69, 9.17) is 4.52 Å². The Kier molecular flexibility index (Phi) is 10.0. The number of nitrogens with zero attached hydrogens (tertiary/aromatic N) is 4. The van der Waals surface area contributed by atoms with Crippen molar-refractivity contribution in [1.82, 2.24) is 25.6 Å². The first kappa shape index (κ1) is 24.9. The molecule has 0 saturated carbocycles. The molecule has 8 heteroatoms. The van der Waals surface area contributed by atoms with Crippen molar-refractivity contribution in [2.24, 2.45) is 4.99 Å². The standard InChI is InChI=1S/C23H32N6O.HI/c1-5-18(6-2)22-15-21(30-28-22)16-25-23(24-7-3)27-17(4)19-10-8-11-20(14-19)29-13-9-12-26-29;/h8-15,17-18H,5-7,16H2,1-4H3,(H2,24,25,27);1H. The van der Waals surface area contributed by atoms with Crippen molar-refractivity contribution in [3.63, 3.8) is 0 Å². The Labute approximate surface area is 201 Å². The number of hydrogen-bond donors (Lipinski definition) is 2. The first-order chi connectivity index (χ1) is 14.6. The van der Waals surface area contributed by atoms with Gasteiger partial charge in [0, 0.05) is 30.9 Å². The molecule has 2 heterocycles. The average Bonchev–Trinajstić information content (AvgIpc) is 3.46. The predicted molar refractivity (Wildman–Crippen MR) is 135 cm³/mol. The fourth-order valence-electron chi connectivity index (χ4n) is 3.43. The van der Waals surface area contributed by atoms with E-state index in [9.17, 15) is 0 Å². The fraction of sp³-hybridized carbons (Fsp3) is 0.435. The lowest BCUT2D eigenvalue weighted by molar-refractivity contribution is 0.372. The molecule has 0 bridgehead atoms. The lowest BCUT2D eigenvalue weighted by Gasteiger charge is -2.18. The molecule has 168 valence electrons. The monoisotopic (exact) mass is 536 g/mol. The van der Waals surface area contributed by atoms with Crippen molar-refractivity contribution in [3.8, 4) is 5.69 Å². The molecule has 0 fully saturated rings. The number of halogens is 1. The highest BCUT2D eigenvalue weighted by Gasteiger charge is 2.13. The largest absolute Gasteiger partial charge is 0.359 e. The molecule has 2 N–H and O–H groups in total. The minimum atomic E-state index is 0. The Morgan fingerprint density at radius 2 is 1.97 bits per heavy atom. The van der Waals surface area contributed by atoms with Crippen LogP contribution < -0.4 is 10.6 Å². The van der Waals surface area contributed by atoms with Gasteiger partial charge in [-0.2, -0.15) is 5.10 Å². The molecular weight excluding hydrogens is 503 g/mol. The number of aliphatic imine (C=N–C) groups is 1. The molecule has 3 rings (SSSR count). The Morgan fingerprint density at radius 1 is 1.16 bits per heavy atom. The van der Waals surface area contributed by atoms with Gasteiger partial charge < -0.3 is 15.2 Å². The normalized spacial score (nSPS) is 12.5. The maximum atomic E-state index is 5.50. The van der Waals surface area contributed by atoms with E-state index in [0.29, 0.717) is 12.5 Å². The average molecular weight is 536 g/mol. The zero-order valence-electron chi connectivity index (χ0n) is 18.7. The molecule has 1 atom stereocenters. The van der Waals surface area contributed by atoms with Gasteiger partial charge in [-0.3, -0.25) is 0 Å². The van der Waals surface area contributed by atoms with Gasteiger partial charge in [0.1, 0.15) is 6.54 Å².